The number of carbonyl (C=O) groups excluding carboxylic acids is 2. The molecule has 3 N–H and O–H groups in total. The van der Waals surface area contributed by atoms with E-state index in [9.17, 15) is 14.0 Å². The molecule has 0 aromatic heterocycles. The summed E-state index contributed by atoms with van der Waals surface area (Å²) in [5.74, 6) is 3.94. The second-order valence-corrected chi connectivity index (χ2v) is 4.67. The first-order chi connectivity index (χ1) is 10.0. The predicted molar refractivity (Wildman–Crippen MR) is 75.8 cm³/mol. The Labute approximate surface area is 122 Å². The van der Waals surface area contributed by atoms with Crippen molar-refractivity contribution >= 4 is 11.8 Å². The standard InChI is InChI=1S/C15H16FN3O2/c1-10-14(20)18-7-8-19(10)15(21)12-5-4-11(3-2-6-17)9-13(12)16/h4-5,9-10H,6-8,17H2,1H3,(H,18,20). The third kappa shape index (κ3) is 3.20. The molecule has 110 valence electrons. The van der Waals surface area contributed by atoms with Crippen molar-refractivity contribution in [3.63, 3.8) is 0 Å². The molecule has 6 heteroatoms. The van der Waals surface area contributed by atoms with Crippen molar-refractivity contribution in [3.05, 3.63) is 35.1 Å². The molecule has 1 aromatic carbocycles. The van der Waals surface area contributed by atoms with Crippen LogP contribution in [0, 0.1) is 17.7 Å². The van der Waals surface area contributed by atoms with Crippen molar-refractivity contribution in [2.24, 2.45) is 5.73 Å². The maximum atomic E-state index is 14.1. The van der Waals surface area contributed by atoms with Gasteiger partial charge in [-0.05, 0) is 25.1 Å². The number of hydrogen-bond acceptors (Lipinski definition) is 3. The first-order valence-corrected chi connectivity index (χ1v) is 6.61. The topological polar surface area (TPSA) is 75.4 Å². The lowest BCUT2D eigenvalue weighted by molar-refractivity contribution is -0.127. The fourth-order valence-corrected chi connectivity index (χ4v) is 2.13. The second kappa shape index (κ2) is 6.37. The van der Waals surface area contributed by atoms with E-state index in [1.54, 1.807) is 13.0 Å². The van der Waals surface area contributed by atoms with E-state index in [4.69, 9.17) is 5.73 Å². The fraction of sp³-hybridized carbons (Fsp3) is 0.333. The van der Waals surface area contributed by atoms with Crippen LogP contribution in [0.5, 0.6) is 0 Å². The zero-order valence-corrected chi connectivity index (χ0v) is 11.6. The van der Waals surface area contributed by atoms with Crippen LogP contribution < -0.4 is 11.1 Å². The molecule has 1 aromatic rings. The van der Waals surface area contributed by atoms with Gasteiger partial charge < -0.3 is 16.0 Å². The molecule has 0 spiro atoms. The molecule has 1 aliphatic rings. The molecule has 1 fully saturated rings. The normalized spacial score (nSPS) is 17.8. The van der Waals surface area contributed by atoms with Crippen LogP contribution in [0.3, 0.4) is 0 Å². The SMILES string of the molecule is CC1C(=O)NCCN1C(=O)c1ccc(C#CCN)cc1F. The molecule has 21 heavy (non-hydrogen) atoms. The van der Waals surface area contributed by atoms with E-state index in [1.807, 2.05) is 0 Å². The number of amides is 2. The van der Waals surface area contributed by atoms with Gasteiger partial charge in [-0.15, -0.1) is 0 Å². The molecule has 2 rings (SSSR count). The van der Waals surface area contributed by atoms with Crippen molar-refractivity contribution in [3.8, 4) is 11.8 Å². The number of nitrogens with two attached hydrogens (primary N) is 1. The summed E-state index contributed by atoms with van der Waals surface area (Å²) in [5.41, 5.74) is 5.65. The first kappa shape index (κ1) is 15.0. The van der Waals surface area contributed by atoms with Gasteiger partial charge in [0, 0.05) is 18.7 Å². The highest BCUT2D eigenvalue weighted by Gasteiger charge is 2.31. The van der Waals surface area contributed by atoms with Gasteiger partial charge in [0.05, 0.1) is 12.1 Å². The summed E-state index contributed by atoms with van der Waals surface area (Å²) in [5, 5.41) is 2.66. The molecule has 0 radical (unpaired) electrons. The third-order valence-electron chi connectivity index (χ3n) is 3.29. The van der Waals surface area contributed by atoms with Crippen LogP contribution in [0.1, 0.15) is 22.8 Å². The van der Waals surface area contributed by atoms with Gasteiger partial charge in [0.2, 0.25) is 5.91 Å². The summed E-state index contributed by atoms with van der Waals surface area (Å²) in [6.07, 6.45) is 0. The van der Waals surface area contributed by atoms with E-state index in [-0.39, 0.29) is 18.0 Å². The predicted octanol–water partition coefficient (Wildman–Crippen LogP) is 0.0964. The summed E-state index contributed by atoms with van der Waals surface area (Å²) in [6.45, 7) is 2.53. The summed E-state index contributed by atoms with van der Waals surface area (Å²) in [4.78, 5) is 25.3. The Hall–Kier alpha value is -2.39. The summed E-state index contributed by atoms with van der Waals surface area (Å²) in [7, 11) is 0. The minimum absolute atomic E-state index is 0.0603. The van der Waals surface area contributed by atoms with Crippen molar-refractivity contribution < 1.29 is 14.0 Å². The Morgan fingerprint density at radius 1 is 1.57 bits per heavy atom. The molecule has 0 saturated carbocycles. The number of piperazine rings is 1. The lowest BCUT2D eigenvalue weighted by Gasteiger charge is -2.32. The third-order valence-corrected chi connectivity index (χ3v) is 3.29. The molecule has 1 atom stereocenters. The number of carbonyl (C=O) groups is 2. The maximum absolute atomic E-state index is 14.1. The van der Waals surface area contributed by atoms with Gasteiger partial charge in [-0.3, -0.25) is 9.59 Å². The highest BCUT2D eigenvalue weighted by molar-refractivity contribution is 5.98. The molecule has 5 nitrogen and oxygen atoms in total. The highest BCUT2D eigenvalue weighted by atomic mass is 19.1. The minimum atomic E-state index is -0.651. The van der Waals surface area contributed by atoms with Crippen LogP contribution in [0.2, 0.25) is 0 Å². The second-order valence-electron chi connectivity index (χ2n) is 4.67. The fourth-order valence-electron chi connectivity index (χ4n) is 2.13. The molecule has 1 heterocycles. The minimum Gasteiger partial charge on any atom is -0.353 e. The molecule has 0 aliphatic carbocycles. The zero-order chi connectivity index (χ0) is 15.4. The number of benzene rings is 1. The Morgan fingerprint density at radius 2 is 2.33 bits per heavy atom. The van der Waals surface area contributed by atoms with Gasteiger partial charge in [0.25, 0.3) is 5.91 Å². The number of nitrogens with zero attached hydrogens (tertiary/aromatic N) is 1. The summed E-state index contributed by atoms with van der Waals surface area (Å²) in [6, 6.07) is 3.54. The Bertz CT molecular complexity index is 634. The van der Waals surface area contributed by atoms with E-state index >= 15 is 0 Å². The number of nitrogens with one attached hydrogen (secondary N) is 1. The van der Waals surface area contributed by atoms with E-state index < -0.39 is 17.8 Å². The lowest BCUT2D eigenvalue weighted by atomic mass is 10.1. The van der Waals surface area contributed by atoms with E-state index in [0.29, 0.717) is 18.7 Å². The Balaban J connectivity index is 2.25. The maximum Gasteiger partial charge on any atom is 0.257 e. The van der Waals surface area contributed by atoms with Gasteiger partial charge in [0.15, 0.2) is 0 Å². The molecule has 1 saturated heterocycles. The monoisotopic (exact) mass is 289 g/mol. The van der Waals surface area contributed by atoms with Crippen molar-refractivity contribution in [2.75, 3.05) is 19.6 Å². The van der Waals surface area contributed by atoms with Gasteiger partial charge in [-0.25, -0.2) is 4.39 Å². The van der Waals surface area contributed by atoms with Gasteiger partial charge in [0.1, 0.15) is 11.9 Å². The summed E-state index contributed by atoms with van der Waals surface area (Å²) < 4.78 is 14.1. The molecule has 2 amide bonds. The van der Waals surface area contributed by atoms with Crippen molar-refractivity contribution in [1.82, 2.24) is 10.2 Å². The molecule has 1 unspecified atom stereocenters. The van der Waals surface area contributed by atoms with Gasteiger partial charge >= 0.3 is 0 Å². The van der Waals surface area contributed by atoms with E-state index in [2.05, 4.69) is 17.2 Å². The number of hydrogen-bond donors (Lipinski definition) is 2. The Morgan fingerprint density at radius 3 is 3.00 bits per heavy atom. The molecular weight excluding hydrogens is 273 g/mol. The molecule has 1 aliphatic heterocycles. The van der Waals surface area contributed by atoms with E-state index in [1.165, 1.54) is 17.0 Å². The first-order valence-electron chi connectivity index (χ1n) is 6.61. The Kier molecular flexibility index (Phi) is 4.55. The smallest absolute Gasteiger partial charge is 0.257 e. The quantitative estimate of drug-likeness (QED) is 0.720. The van der Waals surface area contributed by atoms with Crippen LogP contribution >= 0.6 is 0 Å². The van der Waals surface area contributed by atoms with Gasteiger partial charge in [-0.1, -0.05) is 11.8 Å². The van der Waals surface area contributed by atoms with Crippen LogP contribution in [0.4, 0.5) is 4.39 Å². The van der Waals surface area contributed by atoms with Gasteiger partial charge in [-0.2, -0.15) is 0 Å². The van der Waals surface area contributed by atoms with Crippen LogP contribution in [-0.2, 0) is 4.79 Å². The lowest BCUT2D eigenvalue weighted by Crippen LogP contribution is -2.55. The average molecular weight is 289 g/mol. The van der Waals surface area contributed by atoms with Crippen LogP contribution in [0.25, 0.3) is 0 Å². The molecular formula is C15H16FN3O2. The number of rotatable bonds is 1. The van der Waals surface area contributed by atoms with Crippen LogP contribution in [-0.4, -0.2) is 42.4 Å². The zero-order valence-electron chi connectivity index (χ0n) is 11.6. The number of halogens is 1. The van der Waals surface area contributed by atoms with Crippen molar-refractivity contribution in [1.29, 1.82) is 0 Å². The van der Waals surface area contributed by atoms with E-state index in [0.717, 1.165) is 0 Å². The average Bonchev–Trinajstić information content (AvgIpc) is 2.47. The largest absolute Gasteiger partial charge is 0.353 e. The molecule has 0 bridgehead atoms. The van der Waals surface area contributed by atoms with Crippen LogP contribution in [0.15, 0.2) is 18.2 Å². The summed E-state index contributed by atoms with van der Waals surface area (Å²) >= 11 is 0. The highest BCUT2D eigenvalue weighted by Crippen LogP contribution is 2.15. The van der Waals surface area contributed by atoms with Crippen molar-refractivity contribution in [2.45, 2.75) is 13.0 Å².